The molecule has 0 saturated carbocycles. The molecule has 2 rings (SSSR count). The van der Waals surface area contributed by atoms with Crippen LogP contribution in [0.2, 0.25) is 10.6 Å². The predicted octanol–water partition coefficient (Wildman–Crippen LogP) is 3.85. The fourth-order valence-electron chi connectivity index (χ4n) is 1.10. The second-order valence-corrected chi connectivity index (χ2v) is 4.60. The lowest BCUT2D eigenvalue weighted by Gasteiger charge is -2.08. The molecule has 0 aliphatic rings. The van der Waals surface area contributed by atoms with Gasteiger partial charge < -0.3 is 10.6 Å². The van der Waals surface area contributed by atoms with Gasteiger partial charge in [-0.2, -0.15) is 15.0 Å². The third-order valence-electron chi connectivity index (χ3n) is 2.16. The lowest BCUT2D eigenvalue weighted by molar-refractivity contribution is 0.956. The van der Waals surface area contributed by atoms with Crippen molar-refractivity contribution < 1.29 is 0 Å². The van der Waals surface area contributed by atoms with Gasteiger partial charge in [-0.1, -0.05) is 32.0 Å². The summed E-state index contributed by atoms with van der Waals surface area (Å²) in [7, 11) is 3.59. The molecule has 0 unspecified atom stereocenters. The Bertz CT molecular complexity index is 505. The molecule has 5 nitrogen and oxygen atoms in total. The minimum atomic E-state index is 0.105. The number of rotatable bonds is 1. The summed E-state index contributed by atoms with van der Waals surface area (Å²) >= 11 is 11.0. The zero-order valence-electron chi connectivity index (χ0n) is 12.9. The molecule has 0 aliphatic heterocycles. The summed E-state index contributed by atoms with van der Waals surface area (Å²) in [6.45, 7) is 6.00. The maximum atomic E-state index is 5.52. The molecular formula is C14H21Cl2N5. The first kappa shape index (κ1) is 19.4. The third kappa shape index (κ3) is 7.68. The third-order valence-corrected chi connectivity index (χ3v) is 2.50. The molecule has 0 aliphatic carbocycles. The Balaban J connectivity index is 0.000000354. The lowest BCUT2D eigenvalue weighted by Crippen LogP contribution is -2.13. The van der Waals surface area contributed by atoms with Crippen molar-refractivity contribution in [1.29, 1.82) is 0 Å². The number of hydrogen-bond donors (Lipinski definition) is 1. The molecular weight excluding hydrogens is 309 g/mol. The predicted molar refractivity (Wildman–Crippen MR) is 91.1 cm³/mol. The van der Waals surface area contributed by atoms with Gasteiger partial charge in [-0.05, 0) is 41.8 Å². The molecule has 0 bridgehead atoms. The Morgan fingerprint density at radius 2 is 1.43 bits per heavy atom. The van der Waals surface area contributed by atoms with Gasteiger partial charge in [0.1, 0.15) is 0 Å². The zero-order valence-corrected chi connectivity index (χ0v) is 14.4. The molecule has 0 amide bonds. The highest BCUT2D eigenvalue weighted by atomic mass is 35.5. The van der Waals surface area contributed by atoms with Gasteiger partial charge in [0.25, 0.3) is 0 Å². The van der Waals surface area contributed by atoms with Gasteiger partial charge in [0.05, 0.1) is 0 Å². The molecule has 0 radical (unpaired) electrons. The first-order valence-corrected chi connectivity index (χ1v) is 7.21. The van der Waals surface area contributed by atoms with E-state index in [4.69, 9.17) is 28.9 Å². The smallest absolute Gasteiger partial charge is 0.230 e. The van der Waals surface area contributed by atoms with Crippen LogP contribution in [0.25, 0.3) is 0 Å². The van der Waals surface area contributed by atoms with E-state index in [1.165, 1.54) is 0 Å². The maximum absolute atomic E-state index is 5.52. The standard InChI is InChI=1S/C7H9N.C5H6Cl2N4.C2H6/c1-6-4-2-3-5-7(6)8;1-11(2)5-9-3(6)8-4(7)10-5;1-2/h2-5H,8H2,1H3;1-2H3;1-2H3. The second-order valence-electron chi connectivity index (χ2n) is 3.92. The van der Waals surface area contributed by atoms with Crippen LogP contribution in [-0.4, -0.2) is 29.0 Å². The van der Waals surface area contributed by atoms with Crippen LogP contribution < -0.4 is 10.6 Å². The van der Waals surface area contributed by atoms with Crippen LogP contribution in [0.1, 0.15) is 19.4 Å². The summed E-state index contributed by atoms with van der Waals surface area (Å²) < 4.78 is 0. The SMILES string of the molecule is CC.CN(C)c1nc(Cl)nc(Cl)n1.Cc1ccccc1N. The molecule has 116 valence electrons. The molecule has 2 aromatic rings. The van der Waals surface area contributed by atoms with Crippen LogP contribution in [0.5, 0.6) is 0 Å². The van der Waals surface area contributed by atoms with Gasteiger partial charge in [-0.15, -0.1) is 0 Å². The van der Waals surface area contributed by atoms with Crippen molar-refractivity contribution in [2.24, 2.45) is 0 Å². The number of nitrogen functional groups attached to an aromatic ring is 1. The number of hydrogen-bond acceptors (Lipinski definition) is 5. The quantitative estimate of drug-likeness (QED) is 0.805. The molecule has 0 fully saturated rings. The van der Waals surface area contributed by atoms with Crippen LogP contribution in [0.4, 0.5) is 11.6 Å². The second kappa shape index (κ2) is 10.2. The first-order valence-electron chi connectivity index (χ1n) is 6.45. The number of halogens is 2. The van der Waals surface area contributed by atoms with Crippen LogP contribution in [0.15, 0.2) is 24.3 Å². The van der Waals surface area contributed by atoms with Crippen LogP contribution in [0, 0.1) is 6.92 Å². The van der Waals surface area contributed by atoms with E-state index in [2.05, 4.69) is 15.0 Å². The van der Waals surface area contributed by atoms with Crippen molar-refractivity contribution >= 4 is 34.8 Å². The Morgan fingerprint density at radius 3 is 1.76 bits per heavy atom. The average molecular weight is 330 g/mol. The van der Waals surface area contributed by atoms with E-state index in [0.717, 1.165) is 11.3 Å². The maximum Gasteiger partial charge on any atom is 0.230 e. The summed E-state index contributed by atoms with van der Waals surface area (Å²) in [5, 5.41) is 0.211. The molecule has 1 aromatic carbocycles. The minimum absolute atomic E-state index is 0.105. The zero-order chi connectivity index (χ0) is 16.4. The topological polar surface area (TPSA) is 67.9 Å². The first-order chi connectivity index (χ1) is 9.90. The van der Waals surface area contributed by atoms with E-state index in [1.54, 1.807) is 19.0 Å². The number of nitrogens with two attached hydrogens (primary N) is 1. The summed E-state index contributed by atoms with van der Waals surface area (Å²) in [6.07, 6.45) is 0. The van der Waals surface area contributed by atoms with Gasteiger partial charge in [0, 0.05) is 19.8 Å². The van der Waals surface area contributed by atoms with Crippen LogP contribution in [0.3, 0.4) is 0 Å². The molecule has 1 heterocycles. The summed E-state index contributed by atoms with van der Waals surface area (Å²) in [5.41, 5.74) is 7.53. The van der Waals surface area contributed by atoms with Crippen molar-refractivity contribution in [1.82, 2.24) is 15.0 Å². The van der Waals surface area contributed by atoms with Gasteiger partial charge in [0.15, 0.2) is 0 Å². The number of para-hydroxylation sites is 1. The number of anilines is 2. The Kier molecular flexibility index (Phi) is 9.41. The summed E-state index contributed by atoms with van der Waals surface area (Å²) in [4.78, 5) is 12.9. The van der Waals surface area contributed by atoms with E-state index < -0.39 is 0 Å². The van der Waals surface area contributed by atoms with Gasteiger partial charge >= 0.3 is 0 Å². The van der Waals surface area contributed by atoms with E-state index >= 15 is 0 Å². The highest BCUT2D eigenvalue weighted by Crippen LogP contribution is 2.10. The van der Waals surface area contributed by atoms with Gasteiger partial charge in [0.2, 0.25) is 16.5 Å². The molecule has 0 saturated heterocycles. The Hall–Kier alpha value is -1.59. The van der Waals surface area contributed by atoms with Crippen LogP contribution in [-0.2, 0) is 0 Å². The van der Waals surface area contributed by atoms with Crippen molar-refractivity contribution in [3.63, 3.8) is 0 Å². The normalized spacial score (nSPS) is 8.90. The van der Waals surface area contributed by atoms with Crippen molar-refractivity contribution in [3.05, 3.63) is 40.4 Å². The van der Waals surface area contributed by atoms with Crippen LogP contribution >= 0.6 is 23.2 Å². The van der Waals surface area contributed by atoms with Gasteiger partial charge in [-0.25, -0.2) is 0 Å². The fourth-order valence-corrected chi connectivity index (χ4v) is 1.46. The van der Waals surface area contributed by atoms with Crippen molar-refractivity contribution in [2.75, 3.05) is 24.7 Å². The number of benzene rings is 1. The molecule has 2 N–H and O–H groups in total. The molecule has 21 heavy (non-hydrogen) atoms. The van der Waals surface area contributed by atoms with E-state index in [9.17, 15) is 0 Å². The summed E-state index contributed by atoms with van der Waals surface area (Å²) in [5.74, 6) is 0.454. The molecule has 1 aromatic heterocycles. The lowest BCUT2D eigenvalue weighted by atomic mass is 10.2. The van der Waals surface area contributed by atoms with E-state index in [0.29, 0.717) is 5.95 Å². The van der Waals surface area contributed by atoms with E-state index in [1.807, 2.05) is 45.0 Å². The Labute approximate surface area is 136 Å². The molecule has 7 heteroatoms. The number of aryl methyl sites for hydroxylation is 1. The highest BCUT2D eigenvalue weighted by Gasteiger charge is 2.03. The monoisotopic (exact) mass is 329 g/mol. The molecule has 0 atom stereocenters. The minimum Gasteiger partial charge on any atom is -0.399 e. The summed E-state index contributed by atoms with van der Waals surface area (Å²) in [6, 6.07) is 7.80. The Morgan fingerprint density at radius 1 is 0.952 bits per heavy atom. The largest absolute Gasteiger partial charge is 0.399 e. The van der Waals surface area contributed by atoms with Crippen molar-refractivity contribution in [3.8, 4) is 0 Å². The van der Waals surface area contributed by atoms with Gasteiger partial charge in [-0.3, -0.25) is 0 Å². The molecule has 0 spiro atoms. The van der Waals surface area contributed by atoms with Crippen molar-refractivity contribution in [2.45, 2.75) is 20.8 Å². The van der Waals surface area contributed by atoms with E-state index in [-0.39, 0.29) is 10.6 Å². The number of aromatic nitrogens is 3. The number of nitrogens with zero attached hydrogens (tertiary/aromatic N) is 4. The fraction of sp³-hybridized carbons (Fsp3) is 0.357. The average Bonchev–Trinajstić information content (AvgIpc) is 2.44. The highest BCUT2D eigenvalue weighted by molar-refractivity contribution is 6.31.